The Balaban J connectivity index is -0.000000412. The maximum absolute atomic E-state index is 12.1. The smallest absolute Gasteiger partial charge is 0.255 e. The maximum Gasteiger partial charge on any atom is 0.255 e. The van der Waals surface area contributed by atoms with Gasteiger partial charge in [0.2, 0.25) is 0 Å². The van der Waals surface area contributed by atoms with Crippen LogP contribution in [0.3, 0.4) is 0 Å². The predicted octanol–water partition coefficient (Wildman–Crippen LogP) is 4.17. The van der Waals surface area contributed by atoms with E-state index in [1.165, 1.54) is 10.5 Å². The third-order valence-electron chi connectivity index (χ3n) is 2.59. The molecule has 1 aliphatic heterocycles. The van der Waals surface area contributed by atoms with Crippen molar-refractivity contribution in [2.75, 3.05) is 20.1 Å². The van der Waals surface area contributed by atoms with E-state index in [2.05, 4.69) is 0 Å². The Morgan fingerprint density at radius 2 is 1.48 bits per heavy atom. The number of hydrogen-bond donors (Lipinski definition) is 1. The molecular formula is C18H34N4O2S. The van der Waals surface area contributed by atoms with E-state index >= 15 is 0 Å². The summed E-state index contributed by atoms with van der Waals surface area (Å²) in [6.07, 6.45) is 1.57. The van der Waals surface area contributed by atoms with Gasteiger partial charge in [-0.25, -0.2) is 13.4 Å². The zero-order valence-corrected chi connectivity index (χ0v) is 17.5. The third kappa shape index (κ3) is 10.7. The fourth-order valence-electron chi connectivity index (χ4n) is 1.73. The largest absolute Gasteiger partial charge is 0.298 e. The van der Waals surface area contributed by atoms with Gasteiger partial charge in [0.1, 0.15) is 6.07 Å². The molecule has 0 atom stereocenters. The molecule has 1 N–H and O–H groups in total. The molecule has 1 aromatic rings. The summed E-state index contributed by atoms with van der Waals surface area (Å²) >= 11 is 0. The lowest BCUT2D eigenvalue weighted by molar-refractivity contribution is 0.159. The monoisotopic (exact) mass is 370 g/mol. The summed E-state index contributed by atoms with van der Waals surface area (Å²) < 4.78 is 25.7. The first-order chi connectivity index (χ1) is 12.0. The Bertz CT molecular complexity index is 554. The standard InChI is InChI=1S/C10H14N2O2S.C2H2N2.3C2H6/c1-11-8-5-9-12(11)15(13,14)10-6-3-2-4-7-10;3-1-2-4;3*1-2/h2-4,6-7H,5,8-9H2,1H3;1,3H;3*1-2H3. The van der Waals surface area contributed by atoms with Crippen molar-refractivity contribution in [3.8, 4) is 6.07 Å². The van der Waals surface area contributed by atoms with E-state index in [4.69, 9.17) is 10.7 Å². The number of nitriles is 1. The summed E-state index contributed by atoms with van der Waals surface area (Å²) in [5.41, 5.74) is 0. The first-order valence-corrected chi connectivity index (χ1v) is 10.2. The molecule has 25 heavy (non-hydrogen) atoms. The second-order valence-electron chi connectivity index (χ2n) is 3.87. The van der Waals surface area contributed by atoms with Crippen molar-refractivity contribution in [2.24, 2.45) is 0 Å². The molecule has 0 amide bonds. The van der Waals surface area contributed by atoms with Crippen LogP contribution < -0.4 is 0 Å². The van der Waals surface area contributed by atoms with E-state index in [1.54, 1.807) is 36.3 Å². The van der Waals surface area contributed by atoms with Gasteiger partial charge in [0, 0.05) is 20.1 Å². The van der Waals surface area contributed by atoms with E-state index in [1.807, 2.05) is 47.6 Å². The molecule has 6 nitrogen and oxygen atoms in total. The van der Waals surface area contributed by atoms with Gasteiger partial charge in [0.15, 0.2) is 0 Å². The molecule has 0 unspecified atom stereocenters. The molecule has 0 saturated carbocycles. The first kappa shape index (κ1) is 28.1. The molecule has 1 fully saturated rings. The normalized spacial score (nSPS) is 13.0. The molecular weight excluding hydrogens is 336 g/mol. The minimum absolute atomic E-state index is 0.360. The minimum atomic E-state index is -3.33. The highest BCUT2D eigenvalue weighted by Gasteiger charge is 2.31. The molecule has 144 valence electrons. The molecule has 1 aromatic carbocycles. The fraction of sp³-hybridized carbons (Fsp3) is 0.556. The first-order valence-electron chi connectivity index (χ1n) is 8.71. The van der Waals surface area contributed by atoms with Gasteiger partial charge in [0.25, 0.3) is 10.0 Å². The summed E-state index contributed by atoms with van der Waals surface area (Å²) in [5.74, 6) is 0. The Hall–Kier alpha value is -1.75. The summed E-state index contributed by atoms with van der Waals surface area (Å²) in [6.45, 7) is 13.4. The van der Waals surface area contributed by atoms with Gasteiger partial charge in [-0.15, -0.1) is 4.41 Å². The van der Waals surface area contributed by atoms with E-state index in [9.17, 15) is 8.42 Å². The van der Waals surface area contributed by atoms with Crippen LogP contribution in [0.4, 0.5) is 0 Å². The minimum Gasteiger partial charge on any atom is -0.298 e. The molecule has 1 saturated heterocycles. The van der Waals surface area contributed by atoms with Crippen LogP contribution in [0, 0.1) is 16.7 Å². The average molecular weight is 371 g/mol. The summed E-state index contributed by atoms with van der Waals surface area (Å²) in [5, 5.41) is 15.1. The van der Waals surface area contributed by atoms with Gasteiger partial charge in [-0.05, 0) is 18.6 Å². The highest BCUT2D eigenvalue weighted by atomic mass is 32.2. The van der Waals surface area contributed by atoms with Crippen LogP contribution in [-0.2, 0) is 10.0 Å². The van der Waals surface area contributed by atoms with Crippen LogP contribution in [0.2, 0.25) is 0 Å². The highest BCUT2D eigenvalue weighted by Crippen LogP contribution is 2.20. The predicted molar refractivity (Wildman–Crippen MR) is 106 cm³/mol. The van der Waals surface area contributed by atoms with Crippen LogP contribution in [-0.4, -0.2) is 44.2 Å². The average Bonchev–Trinajstić information content (AvgIpc) is 3.14. The Morgan fingerprint density at radius 1 is 1.04 bits per heavy atom. The number of rotatable bonds is 2. The summed E-state index contributed by atoms with van der Waals surface area (Å²) in [7, 11) is -1.53. The van der Waals surface area contributed by atoms with Gasteiger partial charge in [-0.3, -0.25) is 5.41 Å². The molecule has 2 rings (SSSR count). The number of nitrogens with one attached hydrogen (secondary N) is 1. The number of nitrogens with zero attached hydrogens (tertiary/aromatic N) is 3. The van der Waals surface area contributed by atoms with Gasteiger partial charge in [-0.2, -0.15) is 5.26 Å². The van der Waals surface area contributed by atoms with Crippen LogP contribution in [0.25, 0.3) is 0 Å². The van der Waals surface area contributed by atoms with E-state index < -0.39 is 10.0 Å². The molecule has 0 spiro atoms. The lowest BCUT2D eigenvalue weighted by Gasteiger charge is -2.23. The lowest BCUT2D eigenvalue weighted by Crippen LogP contribution is -2.38. The Morgan fingerprint density at radius 3 is 1.80 bits per heavy atom. The van der Waals surface area contributed by atoms with Crippen LogP contribution in [0.5, 0.6) is 0 Å². The van der Waals surface area contributed by atoms with E-state index in [0.717, 1.165) is 13.0 Å². The van der Waals surface area contributed by atoms with Gasteiger partial charge in [0.05, 0.1) is 11.1 Å². The SMILES string of the molecule is CC.CC.CC.CN1CCCN1S(=O)(=O)c1ccccc1.N#CC=N. The summed E-state index contributed by atoms with van der Waals surface area (Å²) in [6, 6.07) is 10.0. The van der Waals surface area contributed by atoms with Gasteiger partial charge in [-0.1, -0.05) is 59.7 Å². The molecule has 0 aromatic heterocycles. The highest BCUT2D eigenvalue weighted by molar-refractivity contribution is 7.89. The molecule has 7 heteroatoms. The van der Waals surface area contributed by atoms with Crippen molar-refractivity contribution in [3.05, 3.63) is 30.3 Å². The molecule has 1 aliphatic rings. The lowest BCUT2D eigenvalue weighted by atomic mass is 10.4. The molecule has 1 heterocycles. The van der Waals surface area contributed by atoms with Crippen molar-refractivity contribution < 1.29 is 8.42 Å². The molecule has 0 radical (unpaired) electrons. The van der Waals surface area contributed by atoms with Gasteiger partial charge >= 0.3 is 0 Å². The van der Waals surface area contributed by atoms with Crippen LogP contribution in [0.1, 0.15) is 48.0 Å². The second kappa shape index (κ2) is 18.6. The number of hydrogen-bond acceptors (Lipinski definition) is 5. The topological polar surface area (TPSA) is 88.3 Å². The van der Waals surface area contributed by atoms with E-state index in [-0.39, 0.29) is 0 Å². The quantitative estimate of drug-likeness (QED) is 0.791. The van der Waals surface area contributed by atoms with Crippen molar-refractivity contribution in [1.29, 1.82) is 10.7 Å². The van der Waals surface area contributed by atoms with Crippen molar-refractivity contribution in [3.63, 3.8) is 0 Å². The molecule has 0 bridgehead atoms. The zero-order chi connectivity index (χ0) is 20.3. The number of sulfonamides is 1. The van der Waals surface area contributed by atoms with Gasteiger partial charge < -0.3 is 0 Å². The van der Waals surface area contributed by atoms with Crippen LogP contribution >= 0.6 is 0 Å². The van der Waals surface area contributed by atoms with Crippen LogP contribution in [0.15, 0.2) is 35.2 Å². The van der Waals surface area contributed by atoms with Crippen molar-refractivity contribution >= 4 is 16.2 Å². The van der Waals surface area contributed by atoms with Crippen molar-refractivity contribution in [1.82, 2.24) is 9.42 Å². The second-order valence-corrected chi connectivity index (χ2v) is 5.72. The summed E-state index contributed by atoms with van der Waals surface area (Å²) in [4.78, 5) is 0.360. The Labute approximate surface area is 154 Å². The maximum atomic E-state index is 12.1. The fourth-order valence-corrected chi connectivity index (χ4v) is 3.30. The number of hydrazine groups is 1. The Kier molecular flexibility index (Phi) is 20.9. The van der Waals surface area contributed by atoms with E-state index in [0.29, 0.717) is 17.7 Å². The van der Waals surface area contributed by atoms with Crippen molar-refractivity contribution in [2.45, 2.75) is 52.9 Å². The molecule has 0 aliphatic carbocycles. The third-order valence-corrected chi connectivity index (χ3v) is 4.48. The number of benzene rings is 1. The zero-order valence-electron chi connectivity index (χ0n) is 16.7.